The molecule has 66 valence electrons. The van der Waals surface area contributed by atoms with Crippen molar-refractivity contribution in [3.63, 3.8) is 0 Å². The Balaban J connectivity index is 2.19. The highest BCUT2D eigenvalue weighted by Crippen LogP contribution is 2.21. The minimum atomic E-state index is -0.330. The molecule has 0 amide bonds. The second kappa shape index (κ2) is 3.31. The molecule has 0 aliphatic rings. The molecule has 2 aromatic rings. The van der Waals surface area contributed by atoms with Gasteiger partial charge in [-0.05, 0) is 18.2 Å². The highest BCUT2D eigenvalue weighted by atomic mass is 19.1. The molecule has 2 rings (SSSR count). The fourth-order valence-electron chi connectivity index (χ4n) is 0.968. The summed E-state index contributed by atoms with van der Waals surface area (Å²) in [5.74, 6) is 0.449. The third kappa shape index (κ3) is 1.87. The number of rotatable bonds is 2. The molecule has 0 bridgehead atoms. The Morgan fingerprint density at radius 2 is 2.08 bits per heavy atom. The summed E-state index contributed by atoms with van der Waals surface area (Å²) in [7, 11) is 0. The monoisotopic (exact) mass is 178 g/mol. The molecule has 1 heterocycles. The van der Waals surface area contributed by atoms with E-state index in [4.69, 9.17) is 9.15 Å². The van der Waals surface area contributed by atoms with Crippen molar-refractivity contribution in [3.8, 4) is 11.7 Å². The minimum Gasteiger partial charge on any atom is -0.434 e. The van der Waals surface area contributed by atoms with E-state index in [0.29, 0.717) is 11.7 Å². The molecule has 0 spiro atoms. The standard InChI is InChI=1S/C10H7FO2/c11-8-3-1-4-9(7-8)13-10-5-2-6-12-10/h1-7H. The number of hydrogen-bond acceptors (Lipinski definition) is 2. The maximum atomic E-state index is 12.7. The molecule has 2 nitrogen and oxygen atoms in total. The average Bonchev–Trinajstić information content (AvgIpc) is 2.57. The van der Waals surface area contributed by atoms with Crippen molar-refractivity contribution >= 4 is 0 Å². The first-order valence-corrected chi connectivity index (χ1v) is 3.81. The summed E-state index contributed by atoms with van der Waals surface area (Å²) in [5.41, 5.74) is 0. The second-order valence-corrected chi connectivity index (χ2v) is 2.49. The van der Waals surface area contributed by atoms with Gasteiger partial charge in [0.1, 0.15) is 11.6 Å². The minimum absolute atomic E-state index is 0.330. The van der Waals surface area contributed by atoms with Crippen molar-refractivity contribution in [3.05, 3.63) is 48.5 Å². The quantitative estimate of drug-likeness (QED) is 0.704. The predicted molar refractivity (Wildman–Crippen MR) is 45.2 cm³/mol. The largest absolute Gasteiger partial charge is 0.434 e. The summed E-state index contributed by atoms with van der Waals surface area (Å²) in [6.45, 7) is 0. The van der Waals surface area contributed by atoms with E-state index in [-0.39, 0.29) is 5.82 Å². The molecular formula is C10H7FO2. The van der Waals surface area contributed by atoms with Gasteiger partial charge >= 0.3 is 0 Å². The smallest absolute Gasteiger partial charge is 0.289 e. The summed E-state index contributed by atoms with van der Waals surface area (Å²) in [5, 5.41) is 0. The van der Waals surface area contributed by atoms with E-state index >= 15 is 0 Å². The van der Waals surface area contributed by atoms with Gasteiger partial charge in [0.2, 0.25) is 0 Å². The first-order chi connectivity index (χ1) is 6.34. The Morgan fingerprint density at radius 1 is 1.15 bits per heavy atom. The lowest BCUT2D eigenvalue weighted by molar-refractivity contribution is 0.345. The Kier molecular flexibility index (Phi) is 2.00. The van der Waals surface area contributed by atoms with Crippen LogP contribution in [-0.4, -0.2) is 0 Å². The van der Waals surface area contributed by atoms with Crippen LogP contribution in [-0.2, 0) is 0 Å². The van der Waals surface area contributed by atoms with Gasteiger partial charge < -0.3 is 9.15 Å². The van der Waals surface area contributed by atoms with Crippen LogP contribution in [0.3, 0.4) is 0 Å². The van der Waals surface area contributed by atoms with Crippen LogP contribution < -0.4 is 4.74 Å². The van der Waals surface area contributed by atoms with Crippen LogP contribution >= 0.6 is 0 Å². The van der Waals surface area contributed by atoms with E-state index in [1.807, 2.05) is 0 Å². The van der Waals surface area contributed by atoms with E-state index in [2.05, 4.69) is 0 Å². The Morgan fingerprint density at radius 3 is 2.77 bits per heavy atom. The molecule has 13 heavy (non-hydrogen) atoms. The highest BCUT2D eigenvalue weighted by molar-refractivity contribution is 5.26. The van der Waals surface area contributed by atoms with Gasteiger partial charge in [-0.15, -0.1) is 0 Å². The van der Waals surface area contributed by atoms with Crippen molar-refractivity contribution in [2.75, 3.05) is 0 Å². The van der Waals surface area contributed by atoms with E-state index in [9.17, 15) is 4.39 Å². The summed E-state index contributed by atoms with van der Waals surface area (Å²) in [4.78, 5) is 0. The van der Waals surface area contributed by atoms with E-state index < -0.39 is 0 Å². The molecule has 0 saturated heterocycles. The summed E-state index contributed by atoms with van der Waals surface area (Å²) < 4.78 is 22.8. The van der Waals surface area contributed by atoms with Crippen LogP contribution in [0.4, 0.5) is 4.39 Å². The molecule has 0 radical (unpaired) electrons. The molecule has 0 fully saturated rings. The number of halogens is 1. The zero-order valence-corrected chi connectivity index (χ0v) is 6.74. The number of hydrogen-bond donors (Lipinski definition) is 0. The molecule has 1 aromatic carbocycles. The first kappa shape index (κ1) is 7.86. The van der Waals surface area contributed by atoms with Crippen LogP contribution in [0.2, 0.25) is 0 Å². The molecule has 3 heteroatoms. The number of furan rings is 1. The molecule has 0 aliphatic carbocycles. The second-order valence-electron chi connectivity index (χ2n) is 2.49. The van der Waals surface area contributed by atoms with Gasteiger partial charge in [0, 0.05) is 12.1 Å². The van der Waals surface area contributed by atoms with Gasteiger partial charge in [-0.1, -0.05) is 6.07 Å². The fourth-order valence-corrected chi connectivity index (χ4v) is 0.968. The van der Waals surface area contributed by atoms with Crippen molar-refractivity contribution < 1.29 is 13.5 Å². The number of benzene rings is 1. The SMILES string of the molecule is Fc1cccc(Oc2ccco2)c1. The van der Waals surface area contributed by atoms with E-state index in [1.54, 1.807) is 24.3 Å². The van der Waals surface area contributed by atoms with E-state index in [1.165, 1.54) is 18.4 Å². The van der Waals surface area contributed by atoms with Gasteiger partial charge in [0.15, 0.2) is 0 Å². The van der Waals surface area contributed by atoms with E-state index in [0.717, 1.165) is 0 Å². The van der Waals surface area contributed by atoms with Gasteiger partial charge in [-0.25, -0.2) is 4.39 Å². The Hall–Kier alpha value is -1.77. The van der Waals surface area contributed by atoms with Crippen LogP contribution in [0, 0.1) is 5.82 Å². The van der Waals surface area contributed by atoms with Crippen molar-refractivity contribution in [2.45, 2.75) is 0 Å². The molecule has 0 atom stereocenters. The molecule has 0 aliphatic heterocycles. The predicted octanol–water partition coefficient (Wildman–Crippen LogP) is 3.21. The normalized spacial score (nSPS) is 9.92. The third-order valence-corrected chi connectivity index (χ3v) is 1.51. The fraction of sp³-hybridized carbons (Fsp3) is 0. The highest BCUT2D eigenvalue weighted by Gasteiger charge is 1.99. The maximum absolute atomic E-state index is 12.7. The molecule has 0 unspecified atom stereocenters. The summed E-state index contributed by atoms with van der Waals surface area (Å²) in [6.07, 6.45) is 1.49. The lowest BCUT2D eigenvalue weighted by atomic mass is 10.3. The lowest BCUT2D eigenvalue weighted by Gasteiger charge is -2.00. The van der Waals surface area contributed by atoms with Crippen LogP contribution in [0.1, 0.15) is 0 Å². The van der Waals surface area contributed by atoms with Crippen molar-refractivity contribution in [1.29, 1.82) is 0 Å². The zero-order chi connectivity index (χ0) is 9.10. The first-order valence-electron chi connectivity index (χ1n) is 3.81. The molecule has 1 aromatic heterocycles. The van der Waals surface area contributed by atoms with Gasteiger partial charge in [-0.2, -0.15) is 0 Å². The summed E-state index contributed by atoms with van der Waals surface area (Å²) >= 11 is 0. The van der Waals surface area contributed by atoms with Gasteiger partial charge in [0.05, 0.1) is 6.26 Å². The van der Waals surface area contributed by atoms with Gasteiger partial charge in [0.25, 0.3) is 5.95 Å². The van der Waals surface area contributed by atoms with Crippen molar-refractivity contribution in [1.82, 2.24) is 0 Å². The lowest BCUT2D eigenvalue weighted by Crippen LogP contribution is -1.82. The number of ether oxygens (including phenoxy) is 1. The maximum Gasteiger partial charge on any atom is 0.289 e. The van der Waals surface area contributed by atoms with Crippen LogP contribution in [0.25, 0.3) is 0 Å². The Bertz CT molecular complexity index is 382. The van der Waals surface area contributed by atoms with Crippen LogP contribution in [0.15, 0.2) is 47.1 Å². The topological polar surface area (TPSA) is 22.4 Å². The third-order valence-electron chi connectivity index (χ3n) is 1.51. The molecule has 0 N–H and O–H groups in total. The van der Waals surface area contributed by atoms with Gasteiger partial charge in [-0.3, -0.25) is 0 Å². The zero-order valence-electron chi connectivity index (χ0n) is 6.74. The van der Waals surface area contributed by atoms with Crippen molar-refractivity contribution in [2.24, 2.45) is 0 Å². The Labute approximate surface area is 74.6 Å². The van der Waals surface area contributed by atoms with Crippen LogP contribution in [0.5, 0.6) is 11.7 Å². The average molecular weight is 178 g/mol. The molecular weight excluding hydrogens is 171 g/mol. The molecule has 0 saturated carbocycles. The summed E-state index contributed by atoms with van der Waals surface area (Å²) in [6, 6.07) is 9.25.